The lowest BCUT2D eigenvalue weighted by Crippen LogP contribution is -2.48. The number of aryl methyl sites for hydroxylation is 1. The first kappa shape index (κ1) is 20.4. The van der Waals surface area contributed by atoms with E-state index < -0.39 is 5.91 Å². The molecule has 1 aromatic carbocycles. The van der Waals surface area contributed by atoms with Gasteiger partial charge in [-0.25, -0.2) is 0 Å². The molecule has 2 aliphatic heterocycles. The molecule has 1 saturated carbocycles. The van der Waals surface area contributed by atoms with Crippen molar-refractivity contribution in [3.05, 3.63) is 29.8 Å². The number of anilines is 1. The summed E-state index contributed by atoms with van der Waals surface area (Å²) in [5, 5.41) is 0. The summed E-state index contributed by atoms with van der Waals surface area (Å²) in [6.07, 6.45) is 5.42. The molecule has 2 fully saturated rings. The summed E-state index contributed by atoms with van der Waals surface area (Å²) in [5.74, 6) is -1.43. The number of likely N-dealkylation sites (tertiary alicyclic amines) is 1. The standard InChI is InChI=1S/C22H28N4O4/c27-19(11-13-26-21(29)16-8-2-3-9-17(16)22(26)30)23-24-20(28)14-25-12-5-7-15-6-1-4-10-18(15)25/h1,4,6,10,16-17H,2-3,5,7-9,11-14H2,(H,23,27)(H,24,28)/t16-,17-/m0/s1. The Labute approximate surface area is 175 Å². The second kappa shape index (κ2) is 8.85. The van der Waals surface area contributed by atoms with Gasteiger partial charge < -0.3 is 4.90 Å². The number of rotatable bonds is 5. The summed E-state index contributed by atoms with van der Waals surface area (Å²) >= 11 is 0. The third-order valence-corrected chi connectivity index (χ3v) is 6.38. The molecule has 8 heteroatoms. The van der Waals surface area contributed by atoms with Gasteiger partial charge in [-0.05, 0) is 37.3 Å². The Morgan fingerprint density at radius 3 is 2.33 bits per heavy atom. The molecule has 1 saturated heterocycles. The Morgan fingerprint density at radius 1 is 0.933 bits per heavy atom. The molecule has 3 aliphatic rings. The van der Waals surface area contributed by atoms with E-state index in [0.717, 1.165) is 50.8 Å². The van der Waals surface area contributed by atoms with Crippen molar-refractivity contribution in [2.45, 2.75) is 44.9 Å². The monoisotopic (exact) mass is 412 g/mol. The lowest BCUT2D eigenvalue weighted by atomic mass is 9.81. The van der Waals surface area contributed by atoms with Crippen LogP contribution in [0.3, 0.4) is 0 Å². The number of hydrogen-bond acceptors (Lipinski definition) is 5. The van der Waals surface area contributed by atoms with Crippen molar-refractivity contribution in [2.75, 3.05) is 24.5 Å². The van der Waals surface area contributed by atoms with Crippen LogP contribution in [-0.2, 0) is 25.6 Å². The Bertz CT molecular complexity index is 831. The highest BCUT2D eigenvalue weighted by Gasteiger charge is 2.47. The van der Waals surface area contributed by atoms with Gasteiger partial charge in [0.1, 0.15) is 0 Å². The zero-order chi connectivity index (χ0) is 21.1. The number of nitrogens with zero attached hydrogens (tertiary/aromatic N) is 2. The van der Waals surface area contributed by atoms with E-state index in [-0.39, 0.29) is 49.1 Å². The second-order valence-electron chi connectivity index (χ2n) is 8.33. The highest BCUT2D eigenvalue weighted by molar-refractivity contribution is 6.05. The number of carbonyl (C=O) groups excluding carboxylic acids is 4. The van der Waals surface area contributed by atoms with E-state index in [4.69, 9.17) is 0 Å². The summed E-state index contributed by atoms with van der Waals surface area (Å²) in [5.41, 5.74) is 7.11. The predicted octanol–water partition coefficient (Wildman–Crippen LogP) is 1.15. The molecule has 4 amide bonds. The van der Waals surface area contributed by atoms with E-state index in [1.165, 1.54) is 10.5 Å². The van der Waals surface area contributed by atoms with Crippen molar-refractivity contribution in [3.8, 4) is 0 Å². The number of hydrogen-bond donors (Lipinski definition) is 2. The highest BCUT2D eigenvalue weighted by atomic mass is 16.2. The van der Waals surface area contributed by atoms with Crippen LogP contribution in [0.5, 0.6) is 0 Å². The van der Waals surface area contributed by atoms with E-state index in [1.54, 1.807) is 0 Å². The summed E-state index contributed by atoms with van der Waals surface area (Å²) < 4.78 is 0. The maximum atomic E-state index is 12.4. The summed E-state index contributed by atoms with van der Waals surface area (Å²) in [6.45, 7) is 1.01. The molecule has 0 unspecified atom stereocenters. The Balaban J connectivity index is 1.22. The molecule has 2 N–H and O–H groups in total. The molecular weight excluding hydrogens is 384 g/mol. The van der Waals surface area contributed by atoms with E-state index in [2.05, 4.69) is 16.9 Å². The van der Waals surface area contributed by atoms with Gasteiger partial charge in [0.15, 0.2) is 0 Å². The fourth-order valence-corrected chi connectivity index (χ4v) is 4.86. The molecule has 0 bridgehead atoms. The van der Waals surface area contributed by atoms with Crippen LogP contribution in [0.25, 0.3) is 0 Å². The fraction of sp³-hybridized carbons (Fsp3) is 0.545. The Kier molecular flexibility index (Phi) is 6.01. The van der Waals surface area contributed by atoms with Gasteiger partial charge in [0.05, 0.1) is 18.4 Å². The number of hydrazine groups is 1. The SMILES string of the molecule is O=C(CCN1C(=O)[C@H]2CCCC[C@@H]2C1=O)NNC(=O)CN1CCCc2ccccc21. The molecule has 8 nitrogen and oxygen atoms in total. The third kappa shape index (κ3) is 4.17. The predicted molar refractivity (Wildman–Crippen MR) is 110 cm³/mol. The molecule has 1 aliphatic carbocycles. The number of imide groups is 1. The Hall–Kier alpha value is -2.90. The first-order valence-corrected chi connectivity index (χ1v) is 10.8. The first-order chi connectivity index (χ1) is 14.5. The number of nitrogens with one attached hydrogen (secondary N) is 2. The minimum atomic E-state index is -0.419. The molecule has 4 rings (SSSR count). The van der Waals surface area contributed by atoms with E-state index in [1.807, 2.05) is 23.1 Å². The molecule has 0 radical (unpaired) electrons. The fourth-order valence-electron chi connectivity index (χ4n) is 4.86. The van der Waals surface area contributed by atoms with Crippen molar-refractivity contribution < 1.29 is 19.2 Å². The lowest BCUT2D eigenvalue weighted by Gasteiger charge is -2.30. The van der Waals surface area contributed by atoms with Crippen LogP contribution in [0.4, 0.5) is 5.69 Å². The van der Waals surface area contributed by atoms with Crippen LogP contribution in [0.2, 0.25) is 0 Å². The van der Waals surface area contributed by atoms with Gasteiger partial charge in [0.2, 0.25) is 17.7 Å². The van der Waals surface area contributed by atoms with Crippen LogP contribution in [0.1, 0.15) is 44.1 Å². The number of benzene rings is 1. The van der Waals surface area contributed by atoms with E-state index >= 15 is 0 Å². The summed E-state index contributed by atoms with van der Waals surface area (Å²) in [7, 11) is 0. The van der Waals surface area contributed by atoms with Gasteiger partial charge >= 0.3 is 0 Å². The Morgan fingerprint density at radius 2 is 1.60 bits per heavy atom. The normalized spacial score (nSPS) is 23.1. The zero-order valence-electron chi connectivity index (χ0n) is 17.1. The van der Waals surface area contributed by atoms with Crippen molar-refractivity contribution in [1.29, 1.82) is 0 Å². The van der Waals surface area contributed by atoms with Crippen LogP contribution >= 0.6 is 0 Å². The molecule has 2 heterocycles. The van der Waals surface area contributed by atoms with Gasteiger partial charge in [0.25, 0.3) is 5.91 Å². The first-order valence-electron chi connectivity index (χ1n) is 10.8. The molecular formula is C22H28N4O4. The van der Waals surface area contributed by atoms with Crippen molar-refractivity contribution >= 4 is 29.3 Å². The maximum absolute atomic E-state index is 12.4. The smallest absolute Gasteiger partial charge is 0.257 e. The maximum Gasteiger partial charge on any atom is 0.257 e. The van der Waals surface area contributed by atoms with Gasteiger partial charge in [-0.3, -0.25) is 34.9 Å². The quantitative estimate of drug-likeness (QED) is 0.558. The summed E-state index contributed by atoms with van der Waals surface area (Å²) in [6, 6.07) is 8.02. The van der Waals surface area contributed by atoms with E-state index in [9.17, 15) is 19.2 Å². The van der Waals surface area contributed by atoms with E-state index in [0.29, 0.717) is 0 Å². The minimum absolute atomic E-state index is 0.0241. The number of fused-ring (bicyclic) bond motifs is 2. The zero-order valence-corrected chi connectivity index (χ0v) is 17.1. The molecule has 0 aromatic heterocycles. The lowest BCUT2D eigenvalue weighted by molar-refractivity contribution is -0.140. The molecule has 0 spiro atoms. The van der Waals surface area contributed by atoms with Crippen molar-refractivity contribution in [2.24, 2.45) is 11.8 Å². The van der Waals surface area contributed by atoms with Crippen LogP contribution in [0, 0.1) is 11.8 Å². The highest BCUT2D eigenvalue weighted by Crippen LogP contribution is 2.37. The molecule has 30 heavy (non-hydrogen) atoms. The number of amides is 4. The largest absolute Gasteiger partial charge is 0.362 e. The van der Waals surface area contributed by atoms with Crippen molar-refractivity contribution in [1.82, 2.24) is 15.8 Å². The van der Waals surface area contributed by atoms with Gasteiger partial charge in [-0.15, -0.1) is 0 Å². The van der Waals surface area contributed by atoms with Gasteiger partial charge in [-0.2, -0.15) is 0 Å². The average molecular weight is 412 g/mol. The molecule has 2 atom stereocenters. The van der Waals surface area contributed by atoms with Gasteiger partial charge in [0, 0.05) is 25.2 Å². The van der Waals surface area contributed by atoms with Crippen LogP contribution < -0.4 is 15.8 Å². The molecule has 1 aromatic rings. The van der Waals surface area contributed by atoms with Crippen molar-refractivity contribution in [3.63, 3.8) is 0 Å². The average Bonchev–Trinajstić information content (AvgIpc) is 3.01. The number of carbonyl (C=O) groups is 4. The molecule has 160 valence electrons. The third-order valence-electron chi connectivity index (χ3n) is 6.38. The summed E-state index contributed by atoms with van der Waals surface area (Å²) in [4.78, 5) is 52.5. The van der Waals surface area contributed by atoms with Gasteiger partial charge in [-0.1, -0.05) is 31.0 Å². The second-order valence-corrected chi connectivity index (χ2v) is 8.33. The topological polar surface area (TPSA) is 98.8 Å². The van der Waals surface area contributed by atoms with Crippen LogP contribution in [-0.4, -0.2) is 48.2 Å². The number of para-hydroxylation sites is 1. The van der Waals surface area contributed by atoms with Crippen LogP contribution in [0.15, 0.2) is 24.3 Å². The minimum Gasteiger partial charge on any atom is -0.362 e.